The third-order valence-corrected chi connectivity index (χ3v) is 8.33. The van der Waals surface area contributed by atoms with Crippen molar-refractivity contribution < 1.29 is 19.5 Å². The van der Waals surface area contributed by atoms with Crippen LogP contribution in [-0.2, 0) is 19.5 Å². The quantitative estimate of drug-likeness (QED) is 0.158. The molecule has 5 heterocycles. The summed E-state index contributed by atoms with van der Waals surface area (Å²) in [7, 11) is 0. The minimum atomic E-state index is 0. The number of unbranched alkanes of at least 4 members (excludes halogenated alkanes) is 2. The van der Waals surface area contributed by atoms with E-state index >= 15 is 0 Å². The summed E-state index contributed by atoms with van der Waals surface area (Å²) in [5.41, 5.74) is 5.78. The van der Waals surface area contributed by atoms with Gasteiger partial charge >= 0.3 is 19.5 Å². The Morgan fingerprint density at radius 1 is 0.299 bits per heavy atom. The summed E-state index contributed by atoms with van der Waals surface area (Å²) in [6.07, 6.45) is 7.78. The summed E-state index contributed by atoms with van der Waals surface area (Å²) in [5.74, 6) is 3.87. The Hall–Kier alpha value is -5.14. The fraction of sp³-hybridized carbons (Fsp3) is 0.529. The summed E-state index contributed by atoms with van der Waals surface area (Å²) >= 11 is 0. The first kappa shape index (κ1) is 91.3. The fourth-order valence-corrected chi connectivity index (χ4v) is 5.46. The van der Waals surface area contributed by atoms with E-state index in [1.807, 2.05) is 152 Å². The van der Waals surface area contributed by atoms with E-state index in [1.165, 1.54) is 38.5 Å². The Morgan fingerprint density at radius 2 is 0.442 bits per heavy atom. The van der Waals surface area contributed by atoms with Gasteiger partial charge in [-0.25, -0.2) is 9.97 Å². The molecule has 2 aliphatic rings. The Morgan fingerprint density at radius 3 is 0.584 bits per heavy atom. The second-order valence-corrected chi connectivity index (χ2v) is 16.5. The van der Waals surface area contributed by atoms with Gasteiger partial charge in [-0.15, -0.1) is 0 Å². The molecule has 0 spiro atoms. The van der Waals surface area contributed by atoms with Crippen molar-refractivity contribution in [1.29, 1.82) is 0 Å². The van der Waals surface area contributed by atoms with Crippen LogP contribution in [0.15, 0.2) is 97.1 Å². The van der Waals surface area contributed by atoms with Gasteiger partial charge in [-0.2, -0.15) is 0 Å². The Bertz CT molecular complexity index is 2230. The average molecular weight is 1120 g/mol. The molecule has 0 unspecified atom stereocenters. The van der Waals surface area contributed by atoms with Gasteiger partial charge in [0.25, 0.3) is 0 Å². The standard InChI is InChI=1S/C32H16N8.4C4H10.2C3H8.4C2H6.6CH4.Zn/c1-2-10-18-17(9-1)25-33-26(18)38-28-21-13-5-6-14-22(21)30(35-28)40-32-24-16-8-7-15-23(24)31(36-32)39-29-20-12-4-3-11-19(20)27(34-29)37-25;2*1-4(2)3;2*1-3-4-2;2*1-3-2;4*1-2;;;;;;;/h1-16H;2*4H,1-3H3;2*3-4H2,1-2H3;2*3H2,1-2H3;4*1-2H3;6*1H4;/q-2;;;;;;;;;;;;;;;;;+2. The van der Waals surface area contributed by atoms with Crippen LogP contribution in [0.3, 0.4) is 0 Å². The summed E-state index contributed by atoms with van der Waals surface area (Å²) in [6, 6.07) is 31.8. The van der Waals surface area contributed by atoms with Crippen LogP contribution in [0, 0.1) is 11.8 Å². The Labute approximate surface area is 490 Å². The van der Waals surface area contributed by atoms with E-state index in [-0.39, 0.29) is 64.0 Å². The summed E-state index contributed by atoms with van der Waals surface area (Å²) in [6.45, 7) is 46.2. The van der Waals surface area contributed by atoms with Gasteiger partial charge in [-0.3, -0.25) is 0 Å². The molecule has 9 rings (SSSR count). The van der Waals surface area contributed by atoms with Crippen molar-refractivity contribution in [2.75, 3.05) is 0 Å². The molecule has 434 valence electrons. The van der Waals surface area contributed by atoms with Gasteiger partial charge < -0.3 is 29.9 Å². The van der Waals surface area contributed by atoms with Gasteiger partial charge in [0, 0.05) is 44.8 Å². The molecule has 8 nitrogen and oxygen atoms in total. The molecule has 4 aromatic carbocycles. The van der Waals surface area contributed by atoms with Crippen LogP contribution in [0.5, 0.6) is 0 Å². The topological polar surface area (TPSA) is 106 Å². The molecule has 0 amide bonds. The van der Waals surface area contributed by atoms with E-state index in [9.17, 15) is 0 Å². The van der Waals surface area contributed by atoms with E-state index in [1.54, 1.807) is 0 Å². The Kier molecular flexibility index (Phi) is 66.0. The van der Waals surface area contributed by atoms with Gasteiger partial charge in [-0.05, 0) is 33.4 Å². The van der Waals surface area contributed by atoms with Crippen molar-refractivity contribution in [3.63, 3.8) is 0 Å². The van der Waals surface area contributed by atoms with E-state index in [2.05, 4.69) is 96.9 Å². The molecular weight excluding hydrogens is 994 g/mol. The monoisotopic (exact) mass is 1110 g/mol. The average Bonchev–Trinajstić information content (AvgIpc) is 4.13. The second kappa shape index (κ2) is 55.6. The van der Waals surface area contributed by atoms with Crippen LogP contribution in [0.2, 0.25) is 0 Å². The van der Waals surface area contributed by atoms with Gasteiger partial charge in [-0.1, -0.05) is 332 Å². The smallest absolute Gasteiger partial charge is 0.357 e. The zero-order valence-electron chi connectivity index (χ0n) is 48.9. The molecule has 0 atom stereocenters. The maximum atomic E-state index is 4.95. The third kappa shape index (κ3) is 30.6. The van der Waals surface area contributed by atoms with Crippen LogP contribution >= 0.6 is 0 Å². The zero-order chi connectivity index (χ0) is 53.6. The van der Waals surface area contributed by atoms with Crippen LogP contribution in [-0.4, -0.2) is 29.9 Å². The van der Waals surface area contributed by atoms with Crippen LogP contribution in [0.4, 0.5) is 0 Å². The largest absolute Gasteiger partial charge is 2.00 e. The molecule has 0 saturated heterocycles. The summed E-state index contributed by atoms with van der Waals surface area (Å²) in [5, 5.41) is 3.57. The van der Waals surface area contributed by atoms with Crippen LogP contribution in [0.1, 0.15) is 235 Å². The zero-order valence-corrected chi connectivity index (χ0v) is 51.9. The van der Waals surface area contributed by atoms with Gasteiger partial charge in [0.05, 0.1) is 23.3 Å². The normalized spacial score (nSPS) is 8.73. The molecule has 0 aliphatic carbocycles. The fourth-order valence-electron chi connectivity index (χ4n) is 5.46. The number of nitrogens with zero attached hydrogens (tertiary/aromatic N) is 8. The molecule has 77 heavy (non-hydrogen) atoms. The van der Waals surface area contributed by atoms with Gasteiger partial charge in [0.2, 0.25) is 0 Å². The van der Waals surface area contributed by atoms with Crippen LogP contribution < -0.4 is 9.97 Å². The number of benzene rings is 4. The van der Waals surface area contributed by atoms with Crippen LogP contribution in [0.25, 0.3) is 89.7 Å². The minimum Gasteiger partial charge on any atom is -0.357 e. The Balaban J connectivity index is -0.000000152. The first-order valence-electron chi connectivity index (χ1n) is 27.0. The number of fused-ring (bicyclic) bond motifs is 20. The molecule has 3 aromatic heterocycles. The van der Waals surface area contributed by atoms with E-state index in [0.29, 0.717) is 45.9 Å². The minimum absolute atomic E-state index is 0. The van der Waals surface area contributed by atoms with Crippen molar-refractivity contribution in [2.45, 2.75) is 235 Å². The van der Waals surface area contributed by atoms with Crippen molar-refractivity contribution in [3.8, 4) is 45.6 Å². The number of hydrogen-bond donors (Lipinski definition) is 0. The second-order valence-electron chi connectivity index (χ2n) is 16.5. The SMILES string of the molecule is C.C.C.C.C.C.CC.CC.CC.CC.CC(C)C.CC(C)C.CCC.CCC.CCCC.CCCC.[Zn+2].c1ccc2c(c1)-c1nc-2nc2[n-]c(nc3nc(nc4[n-]c(n1)c1ccccc41)-c1ccccc1-3)c1ccccc21. The van der Waals surface area contributed by atoms with E-state index in [0.717, 1.165) is 55.6 Å². The predicted octanol–water partition coefficient (Wildman–Crippen LogP) is 23.8. The molecule has 0 radical (unpaired) electrons. The molecule has 7 aromatic rings. The summed E-state index contributed by atoms with van der Waals surface area (Å²) in [4.78, 5) is 39.3. The molecule has 0 saturated carbocycles. The van der Waals surface area contributed by atoms with E-state index in [4.69, 9.17) is 39.9 Å². The maximum Gasteiger partial charge on any atom is 2.00 e. The molecule has 8 bridgehead atoms. The molecular formula is C68H120N8Zn. The first-order valence-corrected chi connectivity index (χ1v) is 27.0. The van der Waals surface area contributed by atoms with Crippen molar-refractivity contribution in [2.24, 2.45) is 11.8 Å². The number of hydrogen-bond acceptors (Lipinski definition) is 6. The third-order valence-electron chi connectivity index (χ3n) is 8.33. The molecule has 2 aliphatic heterocycles. The number of aromatic nitrogens is 8. The molecule has 9 heteroatoms. The number of rotatable bonds is 2. The predicted molar refractivity (Wildman–Crippen MR) is 354 cm³/mol. The molecule has 0 fully saturated rings. The van der Waals surface area contributed by atoms with E-state index < -0.39 is 0 Å². The van der Waals surface area contributed by atoms with Crippen molar-refractivity contribution in [3.05, 3.63) is 97.1 Å². The van der Waals surface area contributed by atoms with Crippen molar-refractivity contribution >= 4 is 44.1 Å². The maximum absolute atomic E-state index is 4.95. The molecule has 0 N–H and O–H groups in total. The first-order chi connectivity index (χ1) is 33.9. The van der Waals surface area contributed by atoms with Crippen molar-refractivity contribution in [1.82, 2.24) is 39.9 Å². The summed E-state index contributed by atoms with van der Waals surface area (Å²) < 4.78 is 0. The van der Waals surface area contributed by atoms with Gasteiger partial charge in [0.15, 0.2) is 0 Å². The van der Waals surface area contributed by atoms with Gasteiger partial charge in [0.1, 0.15) is 0 Å².